The van der Waals surface area contributed by atoms with Crippen molar-refractivity contribution in [3.8, 4) is 0 Å². The first-order chi connectivity index (χ1) is 9.96. The van der Waals surface area contributed by atoms with Gasteiger partial charge >= 0.3 is 0 Å². The van der Waals surface area contributed by atoms with Crippen LogP contribution in [0.2, 0.25) is 0 Å². The number of nitrogens with zero attached hydrogens (tertiary/aromatic N) is 2. The van der Waals surface area contributed by atoms with Crippen LogP contribution in [0.1, 0.15) is 32.1 Å². The molecular formula is C15H29N3O3. The fourth-order valence-corrected chi connectivity index (χ4v) is 2.83. The number of nitrogens with two attached hydrogens (primary N) is 1. The fourth-order valence-electron chi connectivity index (χ4n) is 2.83. The fraction of sp³-hybridized carbons (Fsp3) is 0.867. The largest absolute Gasteiger partial charge is 0.383 e. The van der Waals surface area contributed by atoms with Gasteiger partial charge in [0.15, 0.2) is 0 Å². The molecule has 1 saturated carbocycles. The van der Waals surface area contributed by atoms with Crippen molar-refractivity contribution in [1.29, 1.82) is 0 Å². The number of carbonyl (C=O) groups is 2. The SMILES string of the molecule is COCCN(CC(=O)N(C)C)C(=O)C1(CN)CCCCC1. The van der Waals surface area contributed by atoms with Crippen LogP contribution in [0.25, 0.3) is 0 Å². The van der Waals surface area contributed by atoms with E-state index < -0.39 is 5.41 Å². The number of rotatable bonds is 7. The third-order valence-corrected chi connectivity index (χ3v) is 4.33. The van der Waals surface area contributed by atoms with Crippen molar-refractivity contribution in [2.45, 2.75) is 32.1 Å². The van der Waals surface area contributed by atoms with E-state index in [-0.39, 0.29) is 18.4 Å². The Morgan fingerprint density at radius 3 is 2.29 bits per heavy atom. The van der Waals surface area contributed by atoms with Crippen molar-refractivity contribution >= 4 is 11.8 Å². The minimum Gasteiger partial charge on any atom is -0.383 e. The topological polar surface area (TPSA) is 75.9 Å². The molecule has 1 aliphatic rings. The highest BCUT2D eigenvalue weighted by Crippen LogP contribution is 2.37. The molecular weight excluding hydrogens is 270 g/mol. The number of amides is 2. The zero-order valence-corrected chi connectivity index (χ0v) is 13.6. The highest BCUT2D eigenvalue weighted by atomic mass is 16.5. The molecule has 1 aliphatic carbocycles. The van der Waals surface area contributed by atoms with Crippen molar-refractivity contribution in [2.24, 2.45) is 11.1 Å². The minimum atomic E-state index is -0.488. The quantitative estimate of drug-likeness (QED) is 0.741. The van der Waals surface area contributed by atoms with E-state index in [2.05, 4.69) is 0 Å². The Kier molecular flexibility index (Phi) is 7.11. The normalized spacial score (nSPS) is 17.3. The van der Waals surface area contributed by atoms with Gasteiger partial charge in [0, 0.05) is 34.3 Å². The summed E-state index contributed by atoms with van der Waals surface area (Å²) in [4.78, 5) is 28.0. The van der Waals surface area contributed by atoms with Gasteiger partial charge in [-0.3, -0.25) is 9.59 Å². The molecule has 0 aromatic carbocycles. The van der Waals surface area contributed by atoms with Gasteiger partial charge in [-0.05, 0) is 12.8 Å². The van der Waals surface area contributed by atoms with Crippen molar-refractivity contribution < 1.29 is 14.3 Å². The summed E-state index contributed by atoms with van der Waals surface area (Å²) >= 11 is 0. The van der Waals surface area contributed by atoms with Gasteiger partial charge in [-0.2, -0.15) is 0 Å². The van der Waals surface area contributed by atoms with Crippen LogP contribution >= 0.6 is 0 Å². The van der Waals surface area contributed by atoms with Crippen LogP contribution in [0.5, 0.6) is 0 Å². The maximum absolute atomic E-state index is 12.9. The van der Waals surface area contributed by atoms with Gasteiger partial charge in [0.05, 0.1) is 18.6 Å². The molecule has 0 bridgehead atoms. The van der Waals surface area contributed by atoms with E-state index in [4.69, 9.17) is 10.5 Å². The summed E-state index contributed by atoms with van der Waals surface area (Å²) in [5.74, 6) is -0.0700. The molecule has 0 heterocycles. The van der Waals surface area contributed by atoms with E-state index in [1.165, 1.54) is 4.90 Å². The summed E-state index contributed by atoms with van der Waals surface area (Å²) in [5, 5.41) is 0. The zero-order valence-electron chi connectivity index (χ0n) is 13.6. The number of carbonyl (C=O) groups excluding carboxylic acids is 2. The third kappa shape index (κ3) is 4.68. The van der Waals surface area contributed by atoms with Gasteiger partial charge in [-0.15, -0.1) is 0 Å². The smallest absolute Gasteiger partial charge is 0.241 e. The van der Waals surface area contributed by atoms with E-state index in [0.29, 0.717) is 19.7 Å². The molecule has 0 aliphatic heterocycles. The minimum absolute atomic E-state index is 0.0111. The Bertz CT molecular complexity index is 352. The second-order valence-corrected chi connectivity index (χ2v) is 6.05. The predicted octanol–water partition coefficient (Wildman–Crippen LogP) is 0.459. The maximum Gasteiger partial charge on any atom is 0.241 e. The van der Waals surface area contributed by atoms with Gasteiger partial charge in [-0.25, -0.2) is 0 Å². The first-order valence-electron chi connectivity index (χ1n) is 7.65. The van der Waals surface area contributed by atoms with Crippen molar-refractivity contribution in [3.05, 3.63) is 0 Å². The monoisotopic (exact) mass is 299 g/mol. The van der Waals surface area contributed by atoms with E-state index in [0.717, 1.165) is 32.1 Å². The second kappa shape index (κ2) is 8.34. The van der Waals surface area contributed by atoms with Crippen LogP contribution in [-0.4, -0.2) is 69.1 Å². The average molecular weight is 299 g/mol. The van der Waals surface area contributed by atoms with E-state index >= 15 is 0 Å². The Balaban J connectivity index is 2.84. The lowest BCUT2D eigenvalue weighted by Gasteiger charge is -2.39. The summed E-state index contributed by atoms with van der Waals surface area (Å²) in [6.07, 6.45) is 4.86. The maximum atomic E-state index is 12.9. The van der Waals surface area contributed by atoms with Crippen molar-refractivity contribution in [3.63, 3.8) is 0 Å². The Labute approximate surface area is 127 Å². The molecule has 122 valence electrons. The number of methoxy groups -OCH3 is 1. The standard InChI is InChI=1S/C15H29N3O3/c1-17(2)13(19)11-18(9-10-21-3)14(20)15(12-16)7-5-4-6-8-15/h4-12,16H2,1-3H3. The number of hydrogen-bond acceptors (Lipinski definition) is 4. The Hall–Kier alpha value is -1.14. The summed E-state index contributed by atoms with van der Waals surface area (Å²) in [6.45, 7) is 1.30. The molecule has 6 nitrogen and oxygen atoms in total. The van der Waals surface area contributed by atoms with Gasteiger partial charge in [0.25, 0.3) is 0 Å². The van der Waals surface area contributed by atoms with Crippen LogP contribution in [0.3, 0.4) is 0 Å². The highest BCUT2D eigenvalue weighted by Gasteiger charge is 2.41. The van der Waals surface area contributed by atoms with Crippen LogP contribution in [-0.2, 0) is 14.3 Å². The molecule has 2 N–H and O–H groups in total. The highest BCUT2D eigenvalue weighted by molar-refractivity contribution is 5.88. The molecule has 0 atom stereocenters. The van der Waals surface area contributed by atoms with Crippen LogP contribution in [0, 0.1) is 5.41 Å². The van der Waals surface area contributed by atoms with Gasteiger partial charge in [0.2, 0.25) is 11.8 Å². The molecule has 0 radical (unpaired) electrons. The van der Waals surface area contributed by atoms with Gasteiger partial charge in [-0.1, -0.05) is 19.3 Å². The lowest BCUT2D eigenvalue weighted by atomic mass is 9.73. The van der Waals surface area contributed by atoms with E-state index in [1.54, 1.807) is 26.1 Å². The molecule has 2 amide bonds. The second-order valence-electron chi connectivity index (χ2n) is 6.05. The van der Waals surface area contributed by atoms with E-state index in [1.807, 2.05) is 0 Å². The molecule has 0 aromatic heterocycles. The molecule has 0 aromatic rings. The van der Waals surface area contributed by atoms with Crippen LogP contribution < -0.4 is 5.73 Å². The number of hydrogen-bond donors (Lipinski definition) is 1. The van der Waals surface area contributed by atoms with Crippen molar-refractivity contribution in [2.75, 3.05) is 47.4 Å². The summed E-state index contributed by atoms with van der Waals surface area (Å²) in [5.41, 5.74) is 5.43. The number of ether oxygens (including phenoxy) is 1. The molecule has 1 fully saturated rings. The molecule has 6 heteroatoms. The summed E-state index contributed by atoms with van der Waals surface area (Å²) < 4.78 is 5.07. The first-order valence-corrected chi connectivity index (χ1v) is 7.65. The summed E-state index contributed by atoms with van der Waals surface area (Å²) in [6, 6.07) is 0. The zero-order chi connectivity index (χ0) is 15.9. The average Bonchev–Trinajstić information content (AvgIpc) is 2.50. The van der Waals surface area contributed by atoms with Crippen molar-refractivity contribution in [1.82, 2.24) is 9.80 Å². The van der Waals surface area contributed by atoms with E-state index in [9.17, 15) is 9.59 Å². The molecule has 0 spiro atoms. The van der Waals surface area contributed by atoms with Crippen LogP contribution in [0.4, 0.5) is 0 Å². The van der Waals surface area contributed by atoms with Gasteiger partial charge < -0.3 is 20.3 Å². The summed E-state index contributed by atoms with van der Waals surface area (Å²) in [7, 11) is 4.98. The Morgan fingerprint density at radius 2 is 1.81 bits per heavy atom. The Morgan fingerprint density at radius 1 is 1.19 bits per heavy atom. The van der Waals surface area contributed by atoms with Gasteiger partial charge in [0.1, 0.15) is 0 Å². The lowest BCUT2D eigenvalue weighted by molar-refractivity contribution is -0.148. The first kappa shape index (κ1) is 17.9. The van der Waals surface area contributed by atoms with Crippen LogP contribution in [0.15, 0.2) is 0 Å². The number of likely N-dealkylation sites (N-methyl/N-ethyl adjacent to an activating group) is 1. The molecule has 1 rings (SSSR count). The molecule has 0 unspecified atom stereocenters. The molecule has 21 heavy (non-hydrogen) atoms. The molecule has 0 saturated heterocycles. The third-order valence-electron chi connectivity index (χ3n) is 4.33. The lowest BCUT2D eigenvalue weighted by Crippen LogP contribution is -2.52. The predicted molar refractivity (Wildman–Crippen MR) is 81.7 cm³/mol.